The van der Waals surface area contributed by atoms with Gasteiger partial charge in [-0.15, -0.1) is 0 Å². The fourth-order valence-corrected chi connectivity index (χ4v) is 4.41. The number of pyridine rings is 1. The summed E-state index contributed by atoms with van der Waals surface area (Å²) in [6.07, 6.45) is 4.26. The van der Waals surface area contributed by atoms with Gasteiger partial charge in [0, 0.05) is 56.7 Å². The first kappa shape index (κ1) is 25.9. The Labute approximate surface area is 194 Å². The van der Waals surface area contributed by atoms with Crippen LogP contribution in [0.25, 0.3) is 0 Å². The molecule has 1 aromatic rings. The van der Waals surface area contributed by atoms with Crippen LogP contribution in [0, 0.1) is 5.41 Å². The van der Waals surface area contributed by atoms with E-state index in [0.717, 1.165) is 19.1 Å². The van der Waals surface area contributed by atoms with Crippen molar-refractivity contribution in [2.75, 3.05) is 26.1 Å². The average molecular weight is 484 g/mol. The van der Waals surface area contributed by atoms with Gasteiger partial charge in [-0.25, -0.2) is 18.7 Å². The van der Waals surface area contributed by atoms with Gasteiger partial charge >= 0.3 is 7.12 Å². The van der Waals surface area contributed by atoms with Crippen LogP contribution >= 0.6 is 0 Å². The number of hydrogen-bond acceptors (Lipinski definition) is 8. The molecule has 1 N–H and O–H groups in total. The lowest BCUT2D eigenvalue weighted by Crippen LogP contribution is -2.52. The topological polar surface area (TPSA) is 122 Å². The van der Waals surface area contributed by atoms with E-state index in [1.165, 1.54) is 17.6 Å². The highest BCUT2D eigenvalue weighted by Crippen LogP contribution is 2.23. The zero-order valence-corrected chi connectivity index (χ0v) is 20.5. The van der Waals surface area contributed by atoms with Gasteiger partial charge in [-0.2, -0.15) is 0 Å². The second kappa shape index (κ2) is 10.3. The fraction of sp³-hybridized carbons (Fsp3) is 0.714. The number of hydroxylamine groups is 1. The van der Waals surface area contributed by atoms with Gasteiger partial charge in [0.15, 0.2) is 20.9 Å². The third-order valence-electron chi connectivity index (χ3n) is 6.09. The second-order valence-corrected chi connectivity index (χ2v) is 12.2. The number of aryl methyl sites for hydroxylation is 1. The third kappa shape index (κ3) is 6.45. The van der Waals surface area contributed by atoms with E-state index in [4.69, 9.17) is 18.9 Å². The number of nitrogens with one attached hydrogen (secondary N) is 1. The molecule has 10 nitrogen and oxygen atoms in total. The van der Waals surface area contributed by atoms with E-state index >= 15 is 0 Å². The summed E-state index contributed by atoms with van der Waals surface area (Å²) in [5, 5.41) is 0. The Kier molecular flexibility index (Phi) is 8.05. The molecule has 33 heavy (non-hydrogen) atoms. The first-order chi connectivity index (χ1) is 15.4. The molecule has 0 aliphatic carbocycles. The van der Waals surface area contributed by atoms with Crippen molar-refractivity contribution >= 4 is 28.3 Å². The van der Waals surface area contributed by atoms with E-state index in [1.54, 1.807) is 12.3 Å². The van der Waals surface area contributed by atoms with Gasteiger partial charge < -0.3 is 18.6 Å². The number of rotatable bonds is 8. The molecule has 2 fully saturated rings. The minimum atomic E-state index is -3.82. The highest BCUT2D eigenvalue weighted by atomic mass is 32.2. The van der Waals surface area contributed by atoms with Crippen molar-refractivity contribution in [2.45, 2.75) is 64.0 Å². The van der Waals surface area contributed by atoms with Crippen LogP contribution in [-0.4, -0.2) is 63.1 Å². The number of nitrogens with zero attached hydrogens (tertiary/aromatic N) is 1. The molecule has 12 heteroatoms. The Balaban J connectivity index is 1.65. The largest absolute Gasteiger partial charge is 0.494 e. The van der Waals surface area contributed by atoms with Gasteiger partial charge in [0.2, 0.25) is 5.56 Å². The fourth-order valence-electron chi connectivity index (χ4n) is 3.57. The normalized spacial score (nSPS) is 23.0. The molecule has 0 bridgehead atoms. The predicted octanol–water partition coefficient (Wildman–Crippen LogP) is 0.384. The van der Waals surface area contributed by atoms with E-state index in [-0.39, 0.29) is 23.9 Å². The summed E-state index contributed by atoms with van der Waals surface area (Å²) in [7, 11) is -4.44. The first-order valence-corrected chi connectivity index (χ1v) is 13.0. The number of hydrogen-bond donors (Lipinski definition) is 1. The molecule has 2 saturated heterocycles. The average Bonchev–Trinajstić information content (AvgIpc) is 2.76. The van der Waals surface area contributed by atoms with Crippen molar-refractivity contribution in [3.05, 3.63) is 28.7 Å². The van der Waals surface area contributed by atoms with Crippen LogP contribution < -0.4 is 16.5 Å². The molecule has 2 unspecified atom stereocenters. The molecule has 0 saturated carbocycles. The smallest absolute Gasteiger partial charge is 0.407 e. The number of carbonyl (C=O) groups is 1. The Morgan fingerprint density at radius 1 is 1.33 bits per heavy atom. The molecule has 0 spiro atoms. The van der Waals surface area contributed by atoms with Crippen molar-refractivity contribution in [3.63, 3.8) is 0 Å². The number of ether oxygens (including phenoxy) is 1. The van der Waals surface area contributed by atoms with Crippen LogP contribution in [0.2, 0.25) is 0 Å². The van der Waals surface area contributed by atoms with Crippen LogP contribution in [-0.2, 0) is 40.1 Å². The highest BCUT2D eigenvalue weighted by molar-refractivity contribution is 7.92. The maximum Gasteiger partial charge on any atom is 0.494 e. The van der Waals surface area contributed by atoms with Crippen molar-refractivity contribution in [1.29, 1.82) is 0 Å². The van der Waals surface area contributed by atoms with Gasteiger partial charge in [-0.3, -0.25) is 9.59 Å². The van der Waals surface area contributed by atoms with Crippen LogP contribution in [0.15, 0.2) is 23.1 Å². The molecular weight excluding hydrogens is 451 g/mol. The maximum absolute atomic E-state index is 12.8. The van der Waals surface area contributed by atoms with Crippen molar-refractivity contribution in [1.82, 2.24) is 10.0 Å². The molecular formula is C21H33BN2O8S. The Morgan fingerprint density at radius 3 is 2.61 bits per heavy atom. The van der Waals surface area contributed by atoms with Crippen molar-refractivity contribution in [2.24, 2.45) is 5.41 Å². The lowest BCUT2D eigenvalue weighted by molar-refractivity contribution is -0.201. The van der Waals surface area contributed by atoms with E-state index < -0.39 is 33.9 Å². The summed E-state index contributed by atoms with van der Waals surface area (Å²) in [6, 6.07) is 3.11. The molecule has 3 heterocycles. The van der Waals surface area contributed by atoms with Gasteiger partial charge in [0.25, 0.3) is 5.91 Å². The van der Waals surface area contributed by atoms with Crippen LogP contribution in [0.3, 0.4) is 0 Å². The molecule has 3 rings (SSSR count). The zero-order chi connectivity index (χ0) is 24.3. The molecule has 2 aliphatic heterocycles. The Bertz CT molecular complexity index is 996. The maximum atomic E-state index is 12.8. The molecule has 2 atom stereocenters. The van der Waals surface area contributed by atoms with Crippen LogP contribution in [0.4, 0.5) is 0 Å². The monoisotopic (exact) mass is 484 g/mol. The SMILES string of the molecule is CC1(C)COB(c2ccn(CCC(C)(C(=O)NOC3CCCCO3)S(C)(=O)=O)c(=O)c2)OC1. The molecule has 1 aromatic heterocycles. The third-order valence-corrected chi connectivity index (χ3v) is 8.12. The van der Waals surface area contributed by atoms with E-state index in [2.05, 4.69) is 5.48 Å². The molecule has 184 valence electrons. The van der Waals surface area contributed by atoms with Crippen molar-refractivity contribution < 1.29 is 32.1 Å². The minimum Gasteiger partial charge on any atom is -0.407 e. The number of amides is 1. The molecule has 1 amide bonds. The van der Waals surface area contributed by atoms with E-state index in [1.807, 2.05) is 13.8 Å². The molecule has 0 aromatic carbocycles. The summed E-state index contributed by atoms with van der Waals surface area (Å²) in [4.78, 5) is 30.7. The van der Waals surface area contributed by atoms with E-state index in [0.29, 0.717) is 31.7 Å². The summed E-state index contributed by atoms with van der Waals surface area (Å²) in [5.41, 5.74) is 2.41. The number of sulfone groups is 1. The standard InChI is InChI=1S/C21H33BN2O8S/c1-20(2)14-30-22(31-15-20)16-8-10-24(17(25)13-16)11-9-21(3,33(4,27)28)19(26)23-32-18-7-5-6-12-29-18/h8,10,13,18H,5-7,9,11-12,14-15H2,1-4H3,(H,23,26). The Hall–Kier alpha value is -1.73. The zero-order valence-electron chi connectivity index (χ0n) is 19.7. The summed E-state index contributed by atoms with van der Waals surface area (Å²) in [5.74, 6) is -0.796. The first-order valence-electron chi connectivity index (χ1n) is 11.1. The highest BCUT2D eigenvalue weighted by Gasteiger charge is 2.44. The summed E-state index contributed by atoms with van der Waals surface area (Å²) < 4.78 is 41.4. The minimum absolute atomic E-state index is 0.0233. The molecule has 0 radical (unpaired) electrons. The van der Waals surface area contributed by atoms with Gasteiger partial charge in [0.05, 0.1) is 0 Å². The summed E-state index contributed by atoms with van der Waals surface area (Å²) >= 11 is 0. The Morgan fingerprint density at radius 2 is 2.03 bits per heavy atom. The van der Waals surface area contributed by atoms with Crippen LogP contribution in [0.5, 0.6) is 0 Å². The van der Waals surface area contributed by atoms with Crippen LogP contribution in [0.1, 0.15) is 46.5 Å². The molecule has 2 aliphatic rings. The predicted molar refractivity (Wildman–Crippen MR) is 122 cm³/mol. The number of carbonyl (C=O) groups excluding carboxylic acids is 1. The summed E-state index contributed by atoms with van der Waals surface area (Å²) in [6.45, 7) is 6.96. The lowest BCUT2D eigenvalue weighted by Gasteiger charge is -2.33. The van der Waals surface area contributed by atoms with Gasteiger partial charge in [-0.05, 0) is 37.7 Å². The van der Waals surface area contributed by atoms with Gasteiger partial charge in [-0.1, -0.05) is 13.8 Å². The lowest BCUT2D eigenvalue weighted by atomic mass is 9.76. The van der Waals surface area contributed by atoms with Crippen molar-refractivity contribution in [3.8, 4) is 0 Å². The van der Waals surface area contributed by atoms with Gasteiger partial charge in [0.1, 0.15) is 0 Å². The second-order valence-electron chi connectivity index (χ2n) is 9.71. The van der Waals surface area contributed by atoms with E-state index in [9.17, 15) is 18.0 Å². The number of aromatic nitrogens is 1. The quantitative estimate of drug-likeness (QED) is 0.415.